The smallest absolute Gasteiger partial charge is 0.330 e. The largest absolute Gasteiger partial charge is 0.454 e. The molecule has 0 amide bonds. The van der Waals surface area contributed by atoms with E-state index in [1.54, 1.807) is 19.1 Å². The van der Waals surface area contributed by atoms with Crippen molar-refractivity contribution in [2.24, 2.45) is 28.6 Å². The van der Waals surface area contributed by atoms with E-state index in [-0.39, 0.29) is 29.0 Å². The average Bonchev–Trinajstić information content (AvgIpc) is 2.98. The van der Waals surface area contributed by atoms with Crippen LogP contribution in [-0.4, -0.2) is 46.1 Å². The van der Waals surface area contributed by atoms with Gasteiger partial charge in [-0.2, -0.15) is 0 Å². The van der Waals surface area contributed by atoms with Crippen molar-refractivity contribution in [1.29, 1.82) is 0 Å². The van der Waals surface area contributed by atoms with Crippen LogP contribution in [-0.2, 0) is 19.1 Å². The monoisotopic (exact) mass is 428 g/mol. The van der Waals surface area contributed by atoms with Crippen molar-refractivity contribution < 1.29 is 29.3 Å². The highest BCUT2D eigenvalue weighted by molar-refractivity contribution is 6.01. The minimum atomic E-state index is -1.63. The molecule has 0 unspecified atom stereocenters. The molecule has 6 heteroatoms. The van der Waals surface area contributed by atoms with E-state index in [4.69, 9.17) is 4.74 Å². The predicted molar refractivity (Wildman–Crippen MR) is 114 cm³/mol. The van der Waals surface area contributed by atoms with Crippen molar-refractivity contribution in [2.75, 3.05) is 6.61 Å². The number of carbonyl (C=O) groups is 3. The van der Waals surface area contributed by atoms with Crippen LogP contribution >= 0.6 is 0 Å². The van der Waals surface area contributed by atoms with Gasteiger partial charge in [0.25, 0.3) is 0 Å². The summed E-state index contributed by atoms with van der Waals surface area (Å²) < 4.78 is 5.03. The predicted octanol–water partition coefficient (Wildman–Crippen LogP) is 2.68. The first-order chi connectivity index (χ1) is 14.6. The lowest BCUT2D eigenvalue weighted by Gasteiger charge is -2.59. The Hall–Kier alpha value is -2.05. The Bertz CT molecular complexity index is 900. The maximum absolute atomic E-state index is 13.0. The molecule has 4 aliphatic carbocycles. The molecule has 168 valence electrons. The third kappa shape index (κ3) is 3.18. The Morgan fingerprint density at radius 2 is 2.03 bits per heavy atom. The molecule has 0 aliphatic heterocycles. The van der Waals surface area contributed by atoms with Gasteiger partial charge < -0.3 is 14.9 Å². The molecule has 0 bridgehead atoms. The summed E-state index contributed by atoms with van der Waals surface area (Å²) in [5.41, 5.74) is -1.73. The fourth-order valence-corrected chi connectivity index (χ4v) is 7.23. The molecule has 7 atom stereocenters. The fourth-order valence-electron chi connectivity index (χ4n) is 7.23. The third-order valence-electron chi connectivity index (χ3n) is 8.76. The van der Waals surface area contributed by atoms with Crippen molar-refractivity contribution in [3.05, 3.63) is 36.0 Å². The Labute approximate surface area is 183 Å². The molecule has 3 saturated carbocycles. The van der Waals surface area contributed by atoms with E-state index in [0.29, 0.717) is 19.3 Å². The molecule has 0 aromatic rings. The number of aliphatic hydroxyl groups is 2. The number of Topliss-reactive ketones (excluding diaryl/α,β-unsaturated/α-hetero) is 1. The topological polar surface area (TPSA) is 101 Å². The van der Waals surface area contributed by atoms with Gasteiger partial charge in [-0.3, -0.25) is 9.59 Å². The van der Waals surface area contributed by atoms with Crippen LogP contribution < -0.4 is 0 Å². The molecule has 0 spiro atoms. The first-order valence-electron chi connectivity index (χ1n) is 11.2. The highest BCUT2D eigenvalue weighted by atomic mass is 16.5. The Morgan fingerprint density at radius 1 is 1.29 bits per heavy atom. The van der Waals surface area contributed by atoms with Crippen LogP contribution in [0.5, 0.6) is 0 Å². The standard InChI is InChI=1S/C25H32O6/c1-4-5-21(29)31-14-20(28)25(30)11-9-18-17-7-6-15-12-16(26)8-10-23(15,2)22(17)19(27)13-24(18,25)3/h4-5,8,10,12,17-19,22,27,30H,6-7,9,11,13-14H2,1-3H3/b5-4+/t17-,18-,19-,22+,23+,24+,25-/m1/s1. The number of carbonyl (C=O) groups excluding carboxylic acids is 3. The lowest BCUT2D eigenvalue weighted by atomic mass is 9.46. The van der Waals surface area contributed by atoms with E-state index in [9.17, 15) is 24.6 Å². The molecule has 0 saturated heterocycles. The van der Waals surface area contributed by atoms with Gasteiger partial charge in [-0.25, -0.2) is 4.79 Å². The number of ketones is 2. The molecule has 31 heavy (non-hydrogen) atoms. The molecular formula is C25H32O6. The first kappa shape index (κ1) is 22.2. The summed E-state index contributed by atoms with van der Waals surface area (Å²) >= 11 is 0. The van der Waals surface area contributed by atoms with Gasteiger partial charge in [0.1, 0.15) is 5.60 Å². The van der Waals surface area contributed by atoms with Crippen LogP contribution in [0.25, 0.3) is 0 Å². The van der Waals surface area contributed by atoms with Crippen molar-refractivity contribution in [3.8, 4) is 0 Å². The van der Waals surface area contributed by atoms with Gasteiger partial charge in [0.15, 0.2) is 12.4 Å². The van der Waals surface area contributed by atoms with Gasteiger partial charge in [-0.15, -0.1) is 0 Å². The van der Waals surface area contributed by atoms with Gasteiger partial charge in [0, 0.05) is 22.8 Å². The van der Waals surface area contributed by atoms with Gasteiger partial charge in [-0.1, -0.05) is 31.6 Å². The van der Waals surface area contributed by atoms with Crippen LogP contribution in [0, 0.1) is 28.6 Å². The van der Waals surface area contributed by atoms with E-state index in [2.05, 4.69) is 6.92 Å². The number of hydrogen-bond donors (Lipinski definition) is 2. The molecule has 0 heterocycles. The van der Waals surface area contributed by atoms with Crippen molar-refractivity contribution in [3.63, 3.8) is 0 Å². The van der Waals surface area contributed by atoms with Crippen LogP contribution in [0.15, 0.2) is 36.0 Å². The summed E-state index contributed by atoms with van der Waals surface area (Å²) in [6.07, 6.45) is 10.2. The molecule has 0 aromatic carbocycles. The Balaban J connectivity index is 1.61. The van der Waals surface area contributed by atoms with E-state index in [1.807, 2.05) is 13.0 Å². The number of allylic oxidation sites excluding steroid dienone is 5. The van der Waals surface area contributed by atoms with Gasteiger partial charge >= 0.3 is 5.97 Å². The molecule has 2 N–H and O–H groups in total. The Kier molecular flexibility index (Phi) is 5.38. The highest BCUT2D eigenvalue weighted by Gasteiger charge is 2.68. The molecule has 6 nitrogen and oxygen atoms in total. The van der Waals surface area contributed by atoms with Crippen molar-refractivity contribution in [1.82, 2.24) is 0 Å². The first-order valence-corrected chi connectivity index (χ1v) is 11.2. The lowest BCUT2D eigenvalue weighted by Crippen LogP contribution is -2.61. The highest BCUT2D eigenvalue weighted by Crippen LogP contribution is 2.67. The average molecular weight is 429 g/mol. The zero-order chi connectivity index (χ0) is 22.6. The molecule has 0 aromatic heterocycles. The van der Waals surface area contributed by atoms with Gasteiger partial charge in [0.2, 0.25) is 5.78 Å². The summed E-state index contributed by atoms with van der Waals surface area (Å²) in [7, 11) is 0. The second kappa shape index (κ2) is 7.52. The zero-order valence-electron chi connectivity index (χ0n) is 18.5. The number of esters is 1. The fraction of sp³-hybridized carbons (Fsp3) is 0.640. The summed E-state index contributed by atoms with van der Waals surface area (Å²) in [5.74, 6) is -0.950. The summed E-state index contributed by atoms with van der Waals surface area (Å²) in [6, 6.07) is 0. The third-order valence-corrected chi connectivity index (χ3v) is 8.76. The van der Waals surface area contributed by atoms with E-state index in [0.717, 1.165) is 18.4 Å². The van der Waals surface area contributed by atoms with E-state index < -0.39 is 35.5 Å². The van der Waals surface area contributed by atoms with Gasteiger partial charge in [0.05, 0.1) is 6.10 Å². The Morgan fingerprint density at radius 3 is 2.74 bits per heavy atom. The molecule has 0 radical (unpaired) electrons. The molecule has 4 rings (SSSR count). The second-order valence-corrected chi connectivity index (χ2v) is 10.1. The minimum Gasteiger partial charge on any atom is -0.454 e. The van der Waals surface area contributed by atoms with Crippen LogP contribution in [0.3, 0.4) is 0 Å². The van der Waals surface area contributed by atoms with Crippen molar-refractivity contribution >= 4 is 17.5 Å². The number of rotatable bonds is 4. The normalized spacial score (nSPS) is 43.8. The van der Waals surface area contributed by atoms with E-state index >= 15 is 0 Å². The summed E-state index contributed by atoms with van der Waals surface area (Å²) in [4.78, 5) is 36.6. The number of hydrogen-bond acceptors (Lipinski definition) is 6. The van der Waals surface area contributed by atoms with Gasteiger partial charge in [-0.05, 0) is 63.0 Å². The molecule has 4 aliphatic rings. The maximum atomic E-state index is 13.0. The van der Waals surface area contributed by atoms with Crippen LogP contribution in [0.2, 0.25) is 0 Å². The van der Waals surface area contributed by atoms with E-state index in [1.165, 1.54) is 12.2 Å². The number of aliphatic hydroxyl groups excluding tert-OH is 1. The minimum absolute atomic E-state index is 0.00522. The quantitative estimate of drug-likeness (QED) is 0.527. The molecular weight excluding hydrogens is 396 g/mol. The number of fused-ring (bicyclic) bond motifs is 5. The SMILES string of the molecule is C/C=C/C(=O)OCC(=O)[C@]1(O)CC[C@@H]2[C@H]3CCC4=CC(=O)C=C[C@]4(C)[C@@H]3[C@H](O)C[C@@]21C. The van der Waals surface area contributed by atoms with Crippen LogP contribution in [0.4, 0.5) is 0 Å². The maximum Gasteiger partial charge on any atom is 0.330 e. The summed E-state index contributed by atoms with van der Waals surface area (Å²) in [6.45, 7) is 5.21. The second-order valence-electron chi connectivity index (χ2n) is 10.1. The summed E-state index contributed by atoms with van der Waals surface area (Å²) in [5, 5.41) is 22.9. The van der Waals surface area contributed by atoms with Crippen molar-refractivity contribution in [2.45, 2.75) is 64.6 Å². The molecule has 3 fully saturated rings. The zero-order valence-corrected chi connectivity index (χ0v) is 18.5. The van der Waals surface area contributed by atoms with Crippen LogP contribution in [0.1, 0.15) is 52.9 Å². The number of ether oxygens (including phenoxy) is 1. The lowest BCUT2D eigenvalue weighted by molar-refractivity contribution is -0.180.